The van der Waals surface area contributed by atoms with Crippen molar-refractivity contribution in [3.63, 3.8) is 0 Å². The molecule has 0 aromatic carbocycles. The van der Waals surface area contributed by atoms with Crippen LogP contribution in [-0.2, 0) is 0 Å². The Morgan fingerprint density at radius 3 is 2.05 bits per heavy atom. The molecule has 21 heavy (non-hydrogen) atoms. The number of nitrogens with one attached hydrogen (secondary N) is 1. The minimum atomic E-state index is -0.193. The van der Waals surface area contributed by atoms with Gasteiger partial charge in [-0.3, -0.25) is 14.7 Å². The SMILES string of the molecule is OC(CN1CCNCC1)CN1CCN(C2CCCC2)CC1. The quantitative estimate of drug-likeness (QED) is 0.736. The van der Waals surface area contributed by atoms with Crippen LogP contribution < -0.4 is 5.32 Å². The summed E-state index contributed by atoms with van der Waals surface area (Å²) in [6, 6.07) is 0.859. The number of piperazine rings is 2. The molecule has 5 heteroatoms. The zero-order valence-corrected chi connectivity index (χ0v) is 13.3. The Bertz CT molecular complexity index is 295. The van der Waals surface area contributed by atoms with Crippen molar-refractivity contribution in [2.24, 2.45) is 0 Å². The molecule has 1 atom stereocenters. The van der Waals surface area contributed by atoms with E-state index in [-0.39, 0.29) is 6.10 Å². The summed E-state index contributed by atoms with van der Waals surface area (Å²) in [5.74, 6) is 0. The molecule has 0 aromatic rings. The standard InChI is InChI=1S/C16H32N4O/c21-16(13-18-7-5-17-6-8-18)14-19-9-11-20(12-10-19)15-3-1-2-4-15/h15-17,21H,1-14H2. The van der Waals surface area contributed by atoms with E-state index in [0.717, 1.165) is 58.4 Å². The summed E-state index contributed by atoms with van der Waals surface area (Å²) in [5, 5.41) is 13.7. The van der Waals surface area contributed by atoms with Crippen LogP contribution in [0.4, 0.5) is 0 Å². The molecular formula is C16H32N4O. The lowest BCUT2D eigenvalue weighted by Gasteiger charge is -2.39. The van der Waals surface area contributed by atoms with Crippen molar-refractivity contribution in [2.45, 2.75) is 37.8 Å². The van der Waals surface area contributed by atoms with Crippen molar-refractivity contribution in [1.29, 1.82) is 0 Å². The van der Waals surface area contributed by atoms with E-state index < -0.39 is 0 Å². The summed E-state index contributed by atoms with van der Waals surface area (Å²) in [4.78, 5) is 7.53. The van der Waals surface area contributed by atoms with Gasteiger partial charge in [0.25, 0.3) is 0 Å². The zero-order chi connectivity index (χ0) is 14.5. The summed E-state index contributed by atoms with van der Waals surface area (Å²) >= 11 is 0. The number of aliphatic hydroxyl groups excluding tert-OH is 1. The fourth-order valence-electron chi connectivity index (χ4n) is 4.13. The van der Waals surface area contributed by atoms with Gasteiger partial charge in [-0.05, 0) is 12.8 Å². The summed E-state index contributed by atoms with van der Waals surface area (Å²) in [5.41, 5.74) is 0. The number of nitrogens with zero attached hydrogens (tertiary/aromatic N) is 3. The molecular weight excluding hydrogens is 264 g/mol. The molecule has 1 unspecified atom stereocenters. The topological polar surface area (TPSA) is 42.0 Å². The van der Waals surface area contributed by atoms with Gasteiger partial charge in [-0.2, -0.15) is 0 Å². The molecule has 2 aliphatic heterocycles. The van der Waals surface area contributed by atoms with E-state index in [0.29, 0.717) is 0 Å². The highest BCUT2D eigenvalue weighted by Gasteiger charge is 2.27. The van der Waals surface area contributed by atoms with E-state index in [9.17, 15) is 5.11 Å². The normalized spacial score (nSPS) is 29.0. The molecule has 0 spiro atoms. The van der Waals surface area contributed by atoms with Crippen molar-refractivity contribution in [3.8, 4) is 0 Å². The molecule has 0 radical (unpaired) electrons. The van der Waals surface area contributed by atoms with Gasteiger partial charge >= 0.3 is 0 Å². The van der Waals surface area contributed by atoms with Crippen LogP contribution >= 0.6 is 0 Å². The van der Waals surface area contributed by atoms with E-state index in [1.807, 2.05) is 0 Å². The highest BCUT2D eigenvalue weighted by molar-refractivity contribution is 4.83. The van der Waals surface area contributed by atoms with Crippen LogP contribution in [0.15, 0.2) is 0 Å². The Hall–Kier alpha value is -0.200. The van der Waals surface area contributed by atoms with E-state index in [2.05, 4.69) is 20.0 Å². The Labute approximate surface area is 129 Å². The van der Waals surface area contributed by atoms with Crippen LogP contribution in [0.25, 0.3) is 0 Å². The Kier molecular flexibility index (Phi) is 5.89. The van der Waals surface area contributed by atoms with E-state index in [1.165, 1.54) is 38.8 Å². The molecule has 5 nitrogen and oxygen atoms in total. The zero-order valence-electron chi connectivity index (χ0n) is 13.3. The fourth-order valence-corrected chi connectivity index (χ4v) is 4.13. The first-order valence-corrected chi connectivity index (χ1v) is 8.89. The Morgan fingerprint density at radius 1 is 0.857 bits per heavy atom. The summed E-state index contributed by atoms with van der Waals surface area (Å²) in [6.45, 7) is 10.6. The molecule has 1 aliphatic carbocycles. The minimum Gasteiger partial charge on any atom is -0.390 e. The number of rotatable bonds is 5. The molecule has 0 aromatic heterocycles. The van der Waals surface area contributed by atoms with Gasteiger partial charge in [0.2, 0.25) is 0 Å². The van der Waals surface area contributed by atoms with Crippen molar-refractivity contribution >= 4 is 0 Å². The van der Waals surface area contributed by atoms with Gasteiger partial charge in [0.1, 0.15) is 0 Å². The predicted octanol–water partition coefficient (Wildman–Crippen LogP) is -0.187. The highest BCUT2D eigenvalue weighted by atomic mass is 16.3. The van der Waals surface area contributed by atoms with Crippen LogP contribution in [0.1, 0.15) is 25.7 Å². The van der Waals surface area contributed by atoms with Crippen LogP contribution in [0.3, 0.4) is 0 Å². The fraction of sp³-hybridized carbons (Fsp3) is 1.00. The number of aliphatic hydroxyl groups is 1. The van der Waals surface area contributed by atoms with Crippen LogP contribution in [0, 0.1) is 0 Å². The molecule has 0 amide bonds. The second-order valence-electron chi connectivity index (χ2n) is 6.98. The van der Waals surface area contributed by atoms with Gasteiger partial charge in [0.15, 0.2) is 0 Å². The summed E-state index contributed by atoms with van der Waals surface area (Å²) < 4.78 is 0. The van der Waals surface area contributed by atoms with E-state index in [4.69, 9.17) is 0 Å². The van der Waals surface area contributed by atoms with Gasteiger partial charge in [0, 0.05) is 71.5 Å². The van der Waals surface area contributed by atoms with Gasteiger partial charge < -0.3 is 10.4 Å². The molecule has 0 bridgehead atoms. The highest BCUT2D eigenvalue weighted by Crippen LogP contribution is 2.24. The molecule has 2 heterocycles. The van der Waals surface area contributed by atoms with Crippen LogP contribution in [0.5, 0.6) is 0 Å². The lowest BCUT2D eigenvalue weighted by atomic mass is 10.1. The third-order valence-electron chi connectivity index (χ3n) is 5.40. The first-order valence-electron chi connectivity index (χ1n) is 8.89. The average molecular weight is 296 g/mol. The van der Waals surface area contributed by atoms with Crippen LogP contribution in [-0.4, -0.2) is 97.4 Å². The molecule has 3 fully saturated rings. The second kappa shape index (κ2) is 7.88. The van der Waals surface area contributed by atoms with Crippen molar-refractivity contribution in [2.75, 3.05) is 65.4 Å². The molecule has 3 rings (SSSR count). The van der Waals surface area contributed by atoms with E-state index in [1.54, 1.807) is 0 Å². The van der Waals surface area contributed by atoms with E-state index >= 15 is 0 Å². The third kappa shape index (κ3) is 4.63. The maximum absolute atomic E-state index is 10.3. The predicted molar refractivity (Wildman–Crippen MR) is 85.6 cm³/mol. The molecule has 1 saturated carbocycles. The van der Waals surface area contributed by atoms with Gasteiger partial charge in [-0.1, -0.05) is 12.8 Å². The summed E-state index contributed by atoms with van der Waals surface area (Å²) in [6.07, 6.45) is 5.47. The van der Waals surface area contributed by atoms with Gasteiger partial charge in [0.05, 0.1) is 6.10 Å². The number of hydrogen-bond acceptors (Lipinski definition) is 5. The van der Waals surface area contributed by atoms with Gasteiger partial charge in [-0.25, -0.2) is 0 Å². The van der Waals surface area contributed by atoms with Crippen molar-refractivity contribution in [1.82, 2.24) is 20.0 Å². The summed E-state index contributed by atoms with van der Waals surface area (Å²) in [7, 11) is 0. The monoisotopic (exact) mass is 296 g/mol. The molecule has 3 aliphatic rings. The number of hydrogen-bond donors (Lipinski definition) is 2. The van der Waals surface area contributed by atoms with Gasteiger partial charge in [-0.15, -0.1) is 0 Å². The second-order valence-corrected chi connectivity index (χ2v) is 6.98. The maximum Gasteiger partial charge on any atom is 0.0793 e. The average Bonchev–Trinajstić information content (AvgIpc) is 3.03. The molecule has 2 N–H and O–H groups in total. The molecule has 2 saturated heterocycles. The van der Waals surface area contributed by atoms with Crippen LogP contribution in [0.2, 0.25) is 0 Å². The lowest BCUT2D eigenvalue weighted by Crippen LogP contribution is -2.53. The van der Waals surface area contributed by atoms with Crippen molar-refractivity contribution in [3.05, 3.63) is 0 Å². The first kappa shape index (κ1) is 15.7. The Morgan fingerprint density at radius 2 is 1.43 bits per heavy atom. The number of β-amino-alcohol motifs (C(OH)–C–C–N with tert-alkyl or cyclic N) is 1. The largest absolute Gasteiger partial charge is 0.390 e. The Balaban J connectivity index is 1.34. The first-order chi connectivity index (χ1) is 10.3. The smallest absolute Gasteiger partial charge is 0.0793 e. The van der Waals surface area contributed by atoms with Crippen molar-refractivity contribution < 1.29 is 5.11 Å². The molecule has 122 valence electrons. The third-order valence-corrected chi connectivity index (χ3v) is 5.40. The minimum absolute atomic E-state index is 0.193. The maximum atomic E-state index is 10.3. The lowest BCUT2D eigenvalue weighted by molar-refractivity contribution is 0.0388.